The van der Waals surface area contributed by atoms with E-state index in [0.717, 1.165) is 83.5 Å². The molecule has 0 bridgehead atoms. The highest BCUT2D eigenvalue weighted by Crippen LogP contribution is 2.17. The molecule has 0 rings (SSSR count). The Bertz CT molecular complexity index is 1340. The van der Waals surface area contributed by atoms with Gasteiger partial charge in [0.25, 0.3) is 0 Å². The van der Waals surface area contributed by atoms with Crippen LogP contribution < -0.4 is 0 Å². The van der Waals surface area contributed by atoms with Crippen LogP contribution >= 0.6 is 0 Å². The summed E-state index contributed by atoms with van der Waals surface area (Å²) in [6, 6.07) is 0. The number of unbranched alkanes of at least 4 members (excludes halogenated alkanes) is 39. The van der Waals surface area contributed by atoms with Gasteiger partial charge in [0.2, 0.25) is 0 Å². The molecular weight excluding hydrogens is 925 g/mol. The minimum Gasteiger partial charge on any atom is -0.462 e. The van der Waals surface area contributed by atoms with Crippen LogP contribution in [0.15, 0.2) is 60.8 Å². The van der Waals surface area contributed by atoms with Crippen LogP contribution in [-0.4, -0.2) is 37.2 Å². The Morgan fingerprint density at radius 2 is 0.480 bits per heavy atom. The lowest BCUT2D eigenvalue weighted by molar-refractivity contribution is -0.167. The van der Waals surface area contributed by atoms with Crippen molar-refractivity contribution in [1.29, 1.82) is 0 Å². The number of hydrogen-bond acceptors (Lipinski definition) is 6. The molecule has 0 aromatic carbocycles. The molecule has 0 aliphatic heterocycles. The lowest BCUT2D eigenvalue weighted by Crippen LogP contribution is -2.30. The molecule has 0 saturated heterocycles. The molecule has 0 aliphatic rings. The first kappa shape index (κ1) is 72.1. The zero-order chi connectivity index (χ0) is 54.3. The van der Waals surface area contributed by atoms with Gasteiger partial charge >= 0.3 is 17.9 Å². The predicted octanol–water partition coefficient (Wildman–Crippen LogP) is 22.3. The molecule has 0 aromatic rings. The minimum absolute atomic E-state index is 0.0752. The van der Waals surface area contributed by atoms with Gasteiger partial charge in [-0.25, -0.2) is 0 Å². The fourth-order valence-corrected chi connectivity index (χ4v) is 9.54. The normalized spacial score (nSPS) is 12.4. The van der Waals surface area contributed by atoms with Crippen LogP contribution in [0.4, 0.5) is 0 Å². The molecule has 436 valence electrons. The fraction of sp³-hybridized carbons (Fsp3) is 0.812. The Kier molecular flexibility index (Phi) is 61.2. The van der Waals surface area contributed by atoms with E-state index >= 15 is 0 Å². The molecule has 0 fully saturated rings. The van der Waals surface area contributed by atoms with E-state index in [1.807, 2.05) is 0 Å². The van der Waals surface area contributed by atoms with E-state index in [4.69, 9.17) is 14.2 Å². The van der Waals surface area contributed by atoms with Crippen LogP contribution in [0.1, 0.15) is 342 Å². The predicted molar refractivity (Wildman–Crippen MR) is 325 cm³/mol. The average molecular weight is 1050 g/mol. The average Bonchev–Trinajstić information content (AvgIpc) is 3.41. The van der Waals surface area contributed by atoms with Gasteiger partial charge in [0.05, 0.1) is 0 Å². The number of hydrogen-bond donors (Lipinski definition) is 0. The number of allylic oxidation sites excluding steroid dienone is 10. The maximum absolute atomic E-state index is 12.9. The van der Waals surface area contributed by atoms with Gasteiger partial charge in [-0.15, -0.1) is 0 Å². The zero-order valence-electron chi connectivity index (χ0n) is 50.1. The van der Waals surface area contributed by atoms with Crippen molar-refractivity contribution in [2.45, 2.75) is 348 Å². The molecule has 1 atom stereocenters. The maximum Gasteiger partial charge on any atom is 0.306 e. The van der Waals surface area contributed by atoms with E-state index in [-0.39, 0.29) is 31.1 Å². The monoisotopic (exact) mass is 1050 g/mol. The van der Waals surface area contributed by atoms with Crippen molar-refractivity contribution in [3.8, 4) is 0 Å². The molecule has 1 unspecified atom stereocenters. The maximum atomic E-state index is 12.9. The summed E-state index contributed by atoms with van der Waals surface area (Å²) in [5.74, 6) is -0.868. The Balaban J connectivity index is 4.32. The van der Waals surface area contributed by atoms with Gasteiger partial charge in [-0.2, -0.15) is 0 Å². The SMILES string of the molecule is CCCCC/C=C\C/C=C\CCCCCCCCCC(=O)OC(COC(=O)CCCCCCCCCCCC/C=C\C/C=C\C/C=C\CCCCCCC)COC(=O)CCCCCCCCCCCCCCCCC. The van der Waals surface area contributed by atoms with Crippen LogP contribution in [0.3, 0.4) is 0 Å². The summed E-state index contributed by atoms with van der Waals surface area (Å²) in [5, 5.41) is 0. The Morgan fingerprint density at radius 1 is 0.267 bits per heavy atom. The van der Waals surface area contributed by atoms with Crippen LogP contribution in [0.5, 0.6) is 0 Å². The zero-order valence-corrected chi connectivity index (χ0v) is 50.1. The van der Waals surface area contributed by atoms with Gasteiger partial charge < -0.3 is 14.2 Å². The van der Waals surface area contributed by atoms with Gasteiger partial charge in [-0.1, -0.05) is 293 Å². The molecule has 0 heterocycles. The topological polar surface area (TPSA) is 78.9 Å². The van der Waals surface area contributed by atoms with Crippen molar-refractivity contribution in [2.24, 2.45) is 0 Å². The van der Waals surface area contributed by atoms with Gasteiger partial charge in [-0.05, 0) is 89.9 Å². The highest BCUT2D eigenvalue weighted by molar-refractivity contribution is 5.71. The summed E-state index contributed by atoms with van der Waals surface area (Å²) >= 11 is 0. The second kappa shape index (κ2) is 63.6. The second-order valence-electron chi connectivity index (χ2n) is 22.0. The van der Waals surface area contributed by atoms with Gasteiger partial charge in [-0.3, -0.25) is 14.4 Å². The van der Waals surface area contributed by atoms with Crippen LogP contribution in [0, 0.1) is 0 Å². The molecule has 75 heavy (non-hydrogen) atoms. The lowest BCUT2D eigenvalue weighted by atomic mass is 10.0. The highest BCUT2D eigenvalue weighted by atomic mass is 16.6. The van der Waals surface area contributed by atoms with Crippen molar-refractivity contribution >= 4 is 17.9 Å². The Labute approximate surface area is 466 Å². The summed E-state index contributed by atoms with van der Waals surface area (Å²) in [5.41, 5.74) is 0. The third kappa shape index (κ3) is 61.8. The highest BCUT2D eigenvalue weighted by Gasteiger charge is 2.19. The first-order valence-electron chi connectivity index (χ1n) is 32.8. The lowest BCUT2D eigenvalue weighted by Gasteiger charge is -2.18. The minimum atomic E-state index is -0.779. The second-order valence-corrected chi connectivity index (χ2v) is 22.0. The molecule has 0 aliphatic carbocycles. The molecule has 6 heteroatoms. The smallest absolute Gasteiger partial charge is 0.306 e. The van der Waals surface area contributed by atoms with E-state index in [0.29, 0.717) is 19.3 Å². The van der Waals surface area contributed by atoms with Gasteiger partial charge in [0.1, 0.15) is 13.2 Å². The van der Waals surface area contributed by atoms with Gasteiger partial charge in [0.15, 0.2) is 6.10 Å². The van der Waals surface area contributed by atoms with Crippen LogP contribution in [0.2, 0.25) is 0 Å². The van der Waals surface area contributed by atoms with Crippen molar-refractivity contribution in [1.82, 2.24) is 0 Å². The molecule has 0 amide bonds. The molecular formula is C69H124O6. The van der Waals surface area contributed by atoms with Crippen molar-refractivity contribution in [2.75, 3.05) is 13.2 Å². The molecule has 0 saturated carbocycles. The Morgan fingerprint density at radius 3 is 0.773 bits per heavy atom. The van der Waals surface area contributed by atoms with Crippen molar-refractivity contribution in [3.05, 3.63) is 60.8 Å². The molecule has 0 radical (unpaired) electrons. The number of rotatable bonds is 60. The summed E-state index contributed by atoms with van der Waals surface area (Å²) in [6.45, 7) is 6.64. The van der Waals surface area contributed by atoms with E-state index in [1.54, 1.807) is 0 Å². The van der Waals surface area contributed by atoms with Crippen molar-refractivity contribution in [3.63, 3.8) is 0 Å². The molecule has 0 aromatic heterocycles. The Hall–Kier alpha value is -2.89. The van der Waals surface area contributed by atoms with E-state index < -0.39 is 6.10 Å². The van der Waals surface area contributed by atoms with Crippen molar-refractivity contribution < 1.29 is 28.6 Å². The third-order valence-corrected chi connectivity index (χ3v) is 14.5. The molecule has 0 spiro atoms. The van der Waals surface area contributed by atoms with Crippen LogP contribution in [-0.2, 0) is 28.6 Å². The molecule has 6 nitrogen and oxygen atoms in total. The van der Waals surface area contributed by atoms with Crippen LogP contribution in [0.25, 0.3) is 0 Å². The summed E-state index contributed by atoms with van der Waals surface area (Å²) in [7, 11) is 0. The fourth-order valence-electron chi connectivity index (χ4n) is 9.54. The van der Waals surface area contributed by atoms with E-state index in [1.165, 1.54) is 218 Å². The molecule has 0 N–H and O–H groups in total. The quantitative estimate of drug-likeness (QED) is 0.0261. The number of carbonyl (C=O) groups excluding carboxylic acids is 3. The largest absolute Gasteiger partial charge is 0.462 e. The van der Waals surface area contributed by atoms with Gasteiger partial charge in [0, 0.05) is 19.3 Å². The summed E-state index contributed by atoms with van der Waals surface area (Å²) in [4.78, 5) is 38.3. The standard InChI is InChI=1S/C69H124O6/c1-4-7-10-13-16-19-22-25-28-30-31-32-33-34-35-36-37-39-41-44-47-50-53-56-59-62-68(71)74-65-66(64-73-67(70)61-58-55-52-49-46-43-40-27-24-21-18-15-12-9-6-3)75-69(72)63-60-57-54-51-48-45-42-38-29-26-23-20-17-14-11-8-5-2/h17,20,22,25-26,29-31,33-34,66H,4-16,18-19,21,23-24,27-28,32,35-65H2,1-3H3/b20-17-,25-22-,29-26-,31-30-,34-33-. The third-order valence-electron chi connectivity index (χ3n) is 14.5. The summed E-state index contributed by atoms with van der Waals surface area (Å²) < 4.78 is 16.9. The summed E-state index contributed by atoms with van der Waals surface area (Å²) in [6.07, 6.45) is 80.8. The number of ether oxygens (including phenoxy) is 3. The van der Waals surface area contributed by atoms with E-state index in [9.17, 15) is 14.4 Å². The number of esters is 3. The van der Waals surface area contributed by atoms with E-state index in [2.05, 4.69) is 81.5 Å². The first-order valence-corrected chi connectivity index (χ1v) is 32.8. The first-order chi connectivity index (χ1) is 37.0. The number of carbonyl (C=O) groups is 3.